The molecule has 0 amide bonds. The van der Waals surface area contributed by atoms with Crippen molar-refractivity contribution in [2.75, 3.05) is 6.61 Å². The second-order valence-electron chi connectivity index (χ2n) is 6.55. The van der Waals surface area contributed by atoms with Gasteiger partial charge in [0.05, 0.1) is 6.61 Å². The first-order valence-corrected chi connectivity index (χ1v) is 8.50. The lowest BCUT2D eigenvalue weighted by molar-refractivity contribution is 0.0981. The minimum absolute atomic E-state index is 0.211. The summed E-state index contributed by atoms with van der Waals surface area (Å²) < 4.78 is 10.2. The second-order valence-corrected chi connectivity index (χ2v) is 6.55. The van der Waals surface area contributed by atoms with Crippen LogP contribution in [0.15, 0.2) is 54.6 Å². The zero-order chi connectivity index (χ0) is 17.4. The normalized spacial score (nSPS) is 11.1. The Balaban J connectivity index is 1.71. The Hall–Kier alpha value is -2.29. The van der Waals surface area contributed by atoms with Gasteiger partial charge in [-0.3, -0.25) is 0 Å². The Bertz CT molecular complexity index is 630. The van der Waals surface area contributed by atoms with Crippen molar-refractivity contribution in [3.63, 3.8) is 0 Å². The minimum atomic E-state index is -0.652. The fourth-order valence-corrected chi connectivity index (χ4v) is 2.37. The van der Waals surface area contributed by atoms with Crippen LogP contribution in [-0.4, -0.2) is 12.8 Å². The Morgan fingerprint density at radius 2 is 1.67 bits per heavy atom. The third-order valence-electron chi connectivity index (χ3n) is 4.39. The molecule has 0 saturated carbocycles. The highest BCUT2D eigenvalue weighted by atomic mass is 16.7. The molecule has 2 aromatic carbocycles. The van der Waals surface area contributed by atoms with Crippen molar-refractivity contribution in [3.8, 4) is 5.75 Å². The predicted octanol–water partition coefficient (Wildman–Crippen LogP) is 5.52. The molecule has 128 valence electrons. The number of ether oxygens (including phenoxy) is 2. The summed E-state index contributed by atoms with van der Waals surface area (Å²) >= 11 is 0. The lowest BCUT2D eigenvalue weighted by Crippen LogP contribution is -2.15. The van der Waals surface area contributed by atoms with E-state index in [4.69, 9.17) is 9.47 Å². The topological polar surface area (TPSA) is 35.5 Å². The van der Waals surface area contributed by atoms with Gasteiger partial charge in [0.2, 0.25) is 0 Å². The number of carbonyl (C=O) groups is 1. The Kier molecular flexibility index (Phi) is 6.42. The summed E-state index contributed by atoms with van der Waals surface area (Å²) in [6.07, 6.45) is 2.12. The van der Waals surface area contributed by atoms with E-state index in [2.05, 4.69) is 45.0 Å². The van der Waals surface area contributed by atoms with Crippen LogP contribution < -0.4 is 4.74 Å². The molecule has 0 N–H and O–H groups in total. The lowest BCUT2D eigenvalue weighted by atomic mass is 9.82. The highest BCUT2D eigenvalue weighted by molar-refractivity contribution is 5.63. The summed E-state index contributed by atoms with van der Waals surface area (Å²) in [7, 11) is 0. The first kappa shape index (κ1) is 18.1. The number of carbonyl (C=O) groups excluding carboxylic acids is 1. The van der Waals surface area contributed by atoms with Crippen LogP contribution in [0.4, 0.5) is 4.79 Å². The molecule has 2 aromatic rings. The van der Waals surface area contributed by atoms with E-state index >= 15 is 0 Å². The third-order valence-corrected chi connectivity index (χ3v) is 4.39. The van der Waals surface area contributed by atoms with Crippen LogP contribution in [0.5, 0.6) is 5.75 Å². The van der Waals surface area contributed by atoms with Crippen molar-refractivity contribution >= 4 is 6.16 Å². The third kappa shape index (κ3) is 5.41. The van der Waals surface area contributed by atoms with Gasteiger partial charge >= 0.3 is 6.16 Å². The molecule has 0 radical (unpaired) electrons. The summed E-state index contributed by atoms with van der Waals surface area (Å²) in [5.74, 6) is 0.497. The molecule has 0 fully saturated rings. The Morgan fingerprint density at radius 3 is 2.29 bits per heavy atom. The van der Waals surface area contributed by atoms with Crippen LogP contribution in [0.2, 0.25) is 0 Å². The molecule has 0 heterocycles. The first-order chi connectivity index (χ1) is 11.5. The van der Waals surface area contributed by atoms with Gasteiger partial charge in [0, 0.05) is 0 Å². The monoisotopic (exact) mass is 326 g/mol. The van der Waals surface area contributed by atoms with Crippen LogP contribution in [0.25, 0.3) is 0 Å². The Labute approximate surface area is 144 Å². The van der Waals surface area contributed by atoms with Crippen molar-refractivity contribution in [3.05, 3.63) is 65.7 Å². The Morgan fingerprint density at radius 1 is 1.00 bits per heavy atom. The van der Waals surface area contributed by atoms with E-state index in [1.165, 1.54) is 11.1 Å². The van der Waals surface area contributed by atoms with Gasteiger partial charge in [-0.25, -0.2) is 4.79 Å². The number of benzene rings is 2. The molecule has 0 aromatic heterocycles. The van der Waals surface area contributed by atoms with Gasteiger partial charge in [0.25, 0.3) is 0 Å². The largest absolute Gasteiger partial charge is 0.513 e. The van der Waals surface area contributed by atoms with E-state index in [9.17, 15) is 4.79 Å². The quantitative estimate of drug-likeness (QED) is 0.382. The van der Waals surface area contributed by atoms with E-state index in [0.717, 1.165) is 19.3 Å². The molecule has 0 bridgehead atoms. The maximum Gasteiger partial charge on any atom is 0.513 e. The standard InChI is InChI=1S/C21H26O3/c1-4-21(2,3)18-14-12-17(13-15-18)9-8-16-23-20(22)24-19-10-6-5-7-11-19/h5-7,10-15H,4,8-9,16H2,1-3H3. The second kappa shape index (κ2) is 8.53. The van der Waals surface area contributed by atoms with Crippen LogP contribution in [0, 0.1) is 0 Å². The number of hydrogen-bond acceptors (Lipinski definition) is 3. The fourth-order valence-electron chi connectivity index (χ4n) is 2.37. The number of para-hydroxylation sites is 1. The molecule has 0 aliphatic heterocycles. The maximum atomic E-state index is 11.6. The average molecular weight is 326 g/mol. The summed E-state index contributed by atoms with van der Waals surface area (Å²) in [5.41, 5.74) is 2.82. The van der Waals surface area contributed by atoms with Crippen molar-refractivity contribution in [1.82, 2.24) is 0 Å². The van der Waals surface area contributed by atoms with Gasteiger partial charge in [-0.2, -0.15) is 0 Å². The van der Waals surface area contributed by atoms with Gasteiger partial charge in [-0.05, 0) is 47.9 Å². The molecule has 24 heavy (non-hydrogen) atoms. The van der Waals surface area contributed by atoms with Gasteiger partial charge < -0.3 is 9.47 Å². The SMILES string of the molecule is CCC(C)(C)c1ccc(CCCOC(=O)Oc2ccccc2)cc1. The number of aryl methyl sites for hydroxylation is 1. The maximum absolute atomic E-state index is 11.6. The zero-order valence-electron chi connectivity index (χ0n) is 14.7. The van der Waals surface area contributed by atoms with Gasteiger partial charge in [-0.15, -0.1) is 0 Å². The first-order valence-electron chi connectivity index (χ1n) is 8.50. The molecule has 0 aliphatic rings. The van der Waals surface area contributed by atoms with Gasteiger partial charge in [-0.1, -0.05) is 63.2 Å². The average Bonchev–Trinajstić information content (AvgIpc) is 2.60. The smallest absolute Gasteiger partial charge is 0.434 e. The summed E-state index contributed by atoms with van der Waals surface area (Å²) in [6, 6.07) is 17.7. The molecule has 2 rings (SSSR count). The van der Waals surface area contributed by atoms with Crippen LogP contribution >= 0.6 is 0 Å². The van der Waals surface area contributed by atoms with E-state index in [1.54, 1.807) is 12.1 Å². The van der Waals surface area contributed by atoms with Crippen LogP contribution in [0.3, 0.4) is 0 Å². The molecule has 0 unspecified atom stereocenters. The molecule has 0 spiro atoms. The van der Waals surface area contributed by atoms with Crippen molar-refractivity contribution < 1.29 is 14.3 Å². The molecule has 0 saturated heterocycles. The van der Waals surface area contributed by atoms with Crippen molar-refractivity contribution in [2.45, 2.75) is 45.4 Å². The predicted molar refractivity (Wildman–Crippen MR) is 96.5 cm³/mol. The summed E-state index contributed by atoms with van der Waals surface area (Å²) in [6.45, 7) is 7.08. The van der Waals surface area contributed by atoms with E-state index in [0.29, 0.717) is 12.4 Å². The van der Waals surface area contributed by atoms with Crippen molar-refractivity contribution in [1.29, 1.82) is 0 Å². The molecular weight excluding hydrogens is 300 g/mol. The van der Waals surface area contributed by atoms with Crippen molar-refractivity contribution in [2.24, 2.45) is 0 Å². The lowest BCUT2D eigenvalue weighted by Gasteiger charge is -2.23. The minimum Gasteiger partial charge on any atom is -0.434 e. The van der Waals surface area contributed by atoms with E-state index in [1.807, 2.05) is 18.2 Å². The molecular formula is C21H26O3. The molecule has 3 nitrogen and oxygen atoms in total. The summed E-state index contributed by atoms with van der Waals surface area (Å²) in [4.78, 5) is 11.6. The fraction of sp³-hybridized carbons (Fsp3) is 0.381. The number of rotatable bonds is 7. The van der Waals surface area contributed by atoms with Crippen LogP contribution in [0.1, 0.15) is 44.7 Å². The molecule has 0 atom stereocenters. The summed E-state index contributed by atoms with van der Waals surface area (Å²) in [5, 5.41) is 0. The highest BCUT2D eigenvalue weighted by Crippen LogP contribution is 2.26. The van der Waals surface area contributed by atoms with E-state index in [-0.39, 0.29) is 5.41 Å². The van der Waals surface area contributed by atoms with Gasteiger partial charge in [0.15, 0.2) is 0 Å². The molecule has 3 heteroatoms. The number of hydrogen-bond donors (Lipinski definition) is 0. The van der Waals surface area contributed by atoms with E-state index < -0.39 is 6.16 Å². The van der Waals surface area contributed by atoms with Crippen LogP contribution in [-0.2, 0) is 16.6 Å². The zero-order valence-corrected chi connectivity index (χ0v) is 14.7. The van der Waals surface area contributed by atoms with Gasteiger partial charge in [0.1, 0.15) is 5.75 Å². The highest BCUT2D eigenvalue weighted by Gasteiger charge is 2.17. The molecule has 0 aliphatic carbocycles.